The Hall–Kier alpha value is -2.35. The lowest BCUT2D eigenvalue weighted by Gasteiger charge is -2.28. The molecular formula is C21H23NO. The van der Waals surface area contributed by atoms with E-state index < -0.39 is 0 Å². The Balaban J connectivity index is 2.04. The molecule has 0 radical (unpaired) electrons. The van der Waals surface area contributed by atoms with Crippen LogP contribution in [0.1, 0.15) is 43.4 Å². The van der Waals surface area contributed by atoms with Crippen LogP contribution in [0, 0.1) is 5.92 Å². The van der Waals surface area contributed by atoms with Gasteiger partial charge in [0.05, 0.1) is 12.2 Å². The molecule has 1 heterocycles. The zero-order valence-corrected chi connectivity index (χ0v) is 13.8. The van der Waals surface area contributed by atoms with E-state index in [2.05, 4.69) is 44.2 Å². The summed E-state index contributed by atoms with van der Waals surface area (Å²) < 4.78 is 0. The van der Waals surface area contributed by atoms with Crippen LogP contribution in [0.4, 0.5) is 5.69 Å². The maximum atomic E-state index is 12.9. The Morgan fingerprint density at radius 1 is 1.04 bits per heavy atom. The van der Waals surface area contributed by atoms with Crippen molar-refractivity contribution in [3.63, 3.8) is 0 Å². The zero-order valence-electron chi connectivity index (χ0n) is 13.8. The molecule has 2 aromatic carbocycles. The quantitative estimate of drug-likeness (QED) is 0.769. The Labute approximate surface area is 138 Å². The molecule has 1 aliphatic rings. The second-order valence-electron chi connectivity index (χ2n) is 6.29. The van der Waals surface area contributed by atoms with Crippen molar-refractivity contribution in [3.8, 4) is 0 Å². The van der Waals surface area contributed by atoms with Crippen molar-refractivity contribution in [2.75, 3.05) is 4.90 Å². The molecule has 0 bridgehead atoms. The third-order valence-corrected chi connectivity index (χ3v) is 4.57. The summed E-state index contributed by atoms with van der Waals surface area (Å²) in [5, 5.41) is 0. The van der Waals surface area contributed by atoms with Crippen LogP contribution in [0.5, 0.6) is 0 Å². The molecule has 1 aliphatic heterocycles. The van der Waals surface area contributed by atoms with E-state index in [4.69, 9.17) is 0 Å². The highest BCUT2D eigenvalue weighted by molar-refractivity contribution is 5.97. The van der Waals surface area contributed by atoms with E-state index in [-0.39, 0.29) is 5.91 Å². The first kappa shape index (κ1) is 15.5. The Bertz CT molecular complexity index is 732. The van der Waals surface area contributed by atoms with Crippen molar-refractivity contribution in [2.24, 2.45) is 5.92 Å². The molecule has 0 aliphatic carbocycles. The molecule has 23 heavy (non-hydrogen) atoms. The SMILES string of the molecule is CCC(C)CC(=O)N1Cc2ccccc2/C=C\c2ccccc21. The Kier molecular flexibility index (Phi) is 4.61. The molecule has 0 spiro atoms. The van der Waals surface area contributed by atoms with Gasteiger partial charge < -0.3 is 4.90 Å². The van der Waals surface area contributed by atoms with Crippen LogP contribution >= 0.6 is 0 Å². The van der Waals surface area contributed by atoms with Crippen LogP contribution in [-0.2, 0) is 11.3 Å². The summed E-state index contributed by atoms with van der Waals surface area (Å²) in [6.45, 7) is 4.91. The largest absolute Gasteiger partial charge is 0.307 e. The van der Waals surface area contributed by atoms with Gasteiger partial charge in [-0.1, -0.05) is 74.9 Å². The van der Waals surface area contributed by atoms with Crippen molar-refractivity contribution >= 4 is 23.7 Å². The number of amides is 1. The summed E-state index contributed by atoms with van der Waals surface area (Å²) in [5.74, 6) is 0.614. The van der Waals surface area contributed by atoms with Crippen molar-refractivity contribution in [1.29, 1.82) is 0 Å². The fraction of sp³-hybridized carbons (Fsp3) is 0.286. The Morgan fingerprint density at radius 2 is 1.70 bits per heavy atom. The van der Waals surface area contributed by atoms with Crippen molar-refractivity contribution in [3.05, 3.63) is 65.2 Å². The van der Waals surface area contributed by atoms with Crippen LogP contribution < -0.4 is 4.90 Å². The summed E-state index contributed by atoms with van der Waals surface area (Å²) in [5.41, 5.74) is 4.48. The summed E-state index contributed by atoms with van der Waals surface area (Å²) in [6.07, 6.45) is 5.87. The van der Waals surface area contributed by atoms with Gasteiger partial charge in [0.25, 0.3) is 0 Å². The summed E-state index contributed by atoms with van der Waals surface area (Å²) in [7, 11) is 0. The van der Waals surface area contributed by atoms with Crippen LogP contribution in [0.15, 0.2) is 48.5 Å². The van der Waals surface area contributed by atoms with Gasteiger partial charge in [0.1, 0.15) is 0 Å². The van der Waals surface area contributed by atoms with Crippen LogP contribution in [0.3, 0.4) is 0 Å². The zero-order chi connectivity index (χ0) is 16.2. The molecule has 0 fully saturated rings. The van der Waals surface area contributed by atoms with Gasteiger partial charge >= 0.3 is 0 Å². The number of hydrogen-bond donors (Lipinski definition) is 0. The number of nitrogens with zero attached hydrogens (tertiary/aromatic N) is 1. The summed E-state index contributed by atoms with van der Waals surface area (Å²) in [6, 6.07) is 16.4. The third kappa shape index (κ3) is 3.37. The number of carbonyl (C=O) groups is 1. The predicted octanol–water partition coefficient (Wildman–Crippen LogP) is 5.14. The lowest BCUT2D eigenvalue weighted by molar-refractivity contribution is -0.119. The molecule has 1 amide bonds. The molecule has 118 valence electrons. The monoisotopic (exact) mass is 305 g/mol. The summed E-state index contributed by atoms with van der Waals surface area (Å²) >= 11 is 0. The lowest BCUT2D eigenvalue weighted by atomic mass is 9.99. The molecule has 1 unspecified atom stereocenters. The molecule has 3 rings (SSSR count). The van der Waals surface area contributed by atoms with Crippen LogP contribution in [0.25, 0.3) is 12.2 Å². The Morgan fingerprint density at radius 3 is 2.48 bits per heavy atom. The van der Waals surface area contributed by atoms with Gasteiger partial charge in [-0.25, -0.2) is 0 Å². The van der Waals surface area contributed by atoms with E-state index in [1.54, 1.807) is 0 Å². The average molecular weight is 305 g/mol. The van der Waals surface area contributed by atoms with Gasteiger partial charge in [-0.15, -0.1) is 0 Å². The highest BCUT2D eigenvalue weighted by Crippen LogP contribution is 2.29. The topological polar surface area (TPSA) is 20.3 Å². The van der Waals surface area contributed by atoms with Gasteiger partial charge in [0.2, 0.25) is 5.91 Å². The first-order chi connectivity index (χ1) is 11.2. The van der Waals surface area contributed by atoms with E-state index in [1.807, 2.05) is 35.2 Å². The molecule has 0 N–H and O–H groups in total. The number of anilines is 1. The van der Waals surface area contributed by atoms with Gasteiger partial charge in [0, 0.05) is 6.42 Å². The first-order valence-corrected chi connectivity index (χ1v) is 8.34. The number of para-hydroxylation sites is 1. The van der Waals surface area contributed by atoms with Crippen molar-refractivity contribution < 1.29 is 4.79 Å². The van der Waals surface area contributed by atoms with Gasteiger partial charge in [-0.3, -0.25) is 4.79 Å². The van der Waals surface area contributed by atoms with E-state index in [1.165, 1.54) is 11.1 Å². The van der Waals surface area contributed by atoms with Crippen LogP contribution in [-0.4, -0.2) is 5.91 Å². The van der Waals surface area contributed by atoms with Crippen LogP contribution in [0.2, 0.25) is 0 Å². The summed E-state index contributed by atoms with van der Waals surface area (Å²) in [4.78, 5) is 14.9. The minimum atomic E-state index is 0.205. The van der Waals surface area contributed by atoms with E-state index in [0.717, 1.165) is 17.7 Å². The highest BCUT2D eigenvalue weighted by Gasteiger charge is 2.21. The standard InChI is InChI=1S/C21H23NO/c1-3-16(2)14-21(23)22-15-19-10-5-4-8-17(19)12-13-18-9-6-7-11-20(18)22/h4-13,16H,3,14-15H2,1-2H3/b13-12-. The number of fused-ring (bicyclic) bond motifs is 2. The normalized spacial score (nSPS) is 15.8. The number of benzene rings is 2. The molecular weight excluding hydrogens is 282 g/mol. The second kappa shape index (κ2) is 6.82. The fourth-order valence-electron chi connectivity index (χ4n) is 2.93. The van der Waals surface area contributed by atoms with Gasteiger partial charge in [-0.05, 0) is 28.7 Å². The van der Waals surface area contributed by atoms with Gasteiger partial charge in [-0.2, -0.15) is 0 Å². The third-order valence-electron chi connectivity index (χ3n) is 4.57. The van der Waals surface area contributed by atoms with E-state index in [9.17, 15) is 4.79 Å². The maximum absolute atomic E-state index is 12.9. The minimum Gasteiger partial charge on any atom is -0.307 e. The molecule has 0 saturated carbocycles. The minimum absolute atomic E-state index is 0.205. The first-order valence-electron chi connectivity index (χ1n) is 8.34. The molecule has 0 aromatic heterocycles. The maximum Gasteiger partial charge on any atom is 0.227 e. The molecule has 0 saturated heterocycles. The smallest absolute Gasteiger partial charge is 0.227 e. The number of carbonyl (C=O) groups excluding carboxylic acids is 1. The predicted molar refractivity (Wildman–Crippen MR) is 97.1 cm³/mol. The van der Waals surface area contributed by atoms with Crippen molar-refractivity contribution in [2.45, 2.75) is 33.2 Å². The number of rotatable bonds is 3. The molecule has 1 atom stereocenters. The highest BCUT2D eigenvalue weighted by atomic mass is 16.2. The van der Waals surface area contributed by atoms with E-state index in [0.29, 0.717) is 18.9 Å². The fourth-order valence-corrected chi connectivity index (χ4v) is 2.93. The second-order valence-corrected chi connectivity index (χ2v) is 6.29. The molecule has 2 nitrogen and oxygen atoms in total. The number of hydrogen-bond acceptors (Lipinski definition) is 1. The average Bonchev–Trinajstić information content (AvgIpc) is 2.56. The molecule has 2 heteroatoms. The van der Waals surface area contributed by atoms with Crippen molar-refractivity contribution in [1.82, 2.24) is 0 Å². The van der Waals surface area contributed by atoms with Gasteiger partial charge in [0.15, 0.2) is 0 Å². The molecule has 2 aromatic rings. The lowest BCUT2D eigenvalue weighted by Crippen LogP contribution is -2.32. The van der Waals surface area contributed by atoms with E-state index >= 15 is 0 Å².